The van der Waals surface area contributed by atoms with Gasteiger partial charge in [0.15, 0.2) is 0 Å². The highest BCUT2D eigenvalue weighted by Crippen LogP contribution is 2.17. The minimum Gasteiger partial charge on any atom is -0.474 e. The lowest BCUT2D eigenvalue weighted by atomic mass is 10.1. The maximum absolute atomic E-state index is 10.8. The molecule has 0 aliphatic rings. The maximum Gasteiger partial charge on any atom is 0.394 e. The topological polar surface area (TPSA) is 66.4 Å². The first-order valence-electron chi connectivity index (χ1n) is 5.36. The predicted molar refractivity (Wildman–Crippen MR) is 67.2 cm³/mol. The molecule has 0 bridgehead atoms. The van der Waals surface area contributed by atoms with Crippen LogP contribution in [0.1, 0.15) is 12.5 Å². The largest absolute Gasteiger partial charge is 0.474 e. The molecule has 0 atom stereocenters. The normalized spacial score (nSPS) is 9.94. The highest BCUT2D eigenvalue weighted by atomic mass is 32.2. The fourth-order valence-corrected chi connectivity index (χ4v) is 1.98. The number of carbonyl (C=O) groups is 2. The number of amides is 1. The third-order valence-electron chi connectivity index (χ3n) is 2.13. The summed E-state index contributed by atoms with van der Waals surface area (Å²) >= 11 is 1.77. The Hall–Kier alpha value is -1.49. The standard InChI is InChI=1S/C12H15NO3S/c1-2-17-10-5-3-9(4-6-10)7-8-13-11(14)12(15)16/h3-6H,2,7-8H2,1H3,(H,13,14)(H,15,16). The van der Waals surface area contributed by atoms with Crippen LogP contribution in [0.25, 0.3) is 0 Å². The van der Waals surface area contributed by atoms with Crippen LogP contribution in [0.3, 0.4) is 0 Å². The van der Waals surface area contributed by atoms with E-state index in [1.165, 1.54) is 4.90 Å². The van der Waals surface area contributed by atoms with Crippen LogP contribution in [-0.4, -0.2) is 29.3 Å². The van der Waals surface area contributed by atoms with Gasteiger partial charge in [-0.3, -0.25) is 4.79 Å². The monoisotopic (exact) mass is 253 g/mol. The number of carboxylic acids is 1. The van der Waals surface area contributed by atoms with Crippen LogP contribution in [-0.2, 0) is 16.0 Å². The van der Waals surface area contributed by atoms with Crippen molar-refractivity contribution in [2.24, 2.45) is 0 Å². The van der Waals surface area contributed by atoms with Crippen molar-refractivity contribution < 1.29 is 14.7 Å². The van der Waals surface area contributed by atoms with Crippen molar-refractivity contribution in [2.45, 2.75) is 18.2 Å². The van der Waals surface area contributed by atoms with Gasteiger partial charge in [-0.15, -0.1) is 11.8 Å². The van der Waals surface area contributed by atoms with E-state index in [1.54, 1.807) is 11.8 Å². The highest BCUT2D eigenvalue weighted by Gasteiger charge is 2.08. The summed E-state index contributed by atoms with van der Waals surface area (Å²) in [6.07, 6.45) is 0.635. The number of thioether (sulfide) groups is 1. The Morgan fingerprint density at radius 3 is 2.47 bits per heavy atom. The molecule has 0 spiro atoms. The fraction of sp³-hybridized carbons (Fsp3) is 0.333. The predicted octanol–water partition coefficient (Wildman–Crippen LogP) is 1.54. The molecule has 0 aliphatic heterocycles. The van der Waals surface area contributed by atoms with E-state index in [4.69, 9.17) is 5.11 Å². The molecule has 1 aromatic rings. The Morgan fingerprint density at radius 1 is 1.29 bits per heavy atom. The molecule has 0 saturated carbocycles. The fourth-order valence-electron chi connectivity index (χ4n) is 1.31. The number of hydrogen-bond donors (Lipinski definition) is 2. The Bertz CT molecular complexity index is 389. The molecule has 0 unspecified atom stereocenters. The SMILES string of the molecule is CCSc1ccc(CCNC(=O)C(=O)O)cc1. The molecule has 1 rings (SSSR count). The molecule has 1 aromatic carbocycles. The van der Waals surface area contributed by atoms with E-state index >= 15 is 0 Å². The minimum atomic E-state index is -1.44. The summed E-state index contributed by atoms with van der Waals surface area (Å²) in [5.74, 6) is -1.36. The molecular weight excluding hydrogens is 238 g/mol. The lowest BCUT2D eigenvalue weighted by molar-refractivity contribution is -0.150. The number of hydrogen-bond acceptors (Lipinski definition) is 3. The molecule has 0 fully saturated rings. The molecule has 17 heavy (non-hydrogen) atoms. The molecule has 0 radical (unpaired) electrons. The molecule has 0 aliphatic carbocycles. The van der Waals surface area contributed by atoms with E-state index in [1.807, 2.05) is 24.3 Å². The third-order valence-corrected chi connectivity index (χ3v) is 3.02. The van der Waals surface area contributed by atoms with Crippen molar-refractivity contribution in [1.29, 1.82) is 0 Å². The average Bonchev–Trinajstić information content (AvgIpc) is 2.31. The van der Waals surface area contributed by atoms with Crippen molar-refractivity contribution >= 4 is 23.6 Å². The lowest BCUT2D eigenvalue weighted by Gasteiger charge is -2.04. The first kappa shape index (κ1) is 13.6. The molecule has 0 aromatic heterocycles. The zero-order valence-electron chi connectivity index (χ0n) is 9.60. The zero-order chi connectivity index (χ0) is 12.7. The minimum absolute atomic E-state index is 0.339. The van der Waals surface area contributed by atoms with Gasteiger partial charge in [0.25, 0.3) is 0 Å². The van der Waals surface area contributed by atoms with Crippen molar-refractivity contribution in [3.63, 3.8) is 0 Å². The van der Waals surface area contributed by atoms with Crippen LogP contribution < -0.4 is 5.32 Å². The van der Waals surface area contributed by atoms with Crippen molar-refractivity contribution in [3.05, 3.63) is 29.8 Å². The summed E-state index contributed by atoms with van der Waals surface area (Å²) in [4.78, 5) is 22.2. The summed E-state index contributed by atoms with van der Waals surface area (Å²) in [5, 5.41) is 10.7. The van der Waals surface area contributed by atoms with Gasteiger partial charge in [-0.05, 0) is 29.9 Å². The smallest absolute Gasteiger partial charge is 0.394 e. The van der Waals surface area contributed by atoms with Gasteiger partial charge in [0.1, 0.15) is 0 Å². The van der Waals surface area contributed by atoms with E-state index in [0.717, 1.165) is 11.3 Å². The van der Waals surface area contributed by atoms with Gasteiger partial charge in [-0.25, -0.2) is 4.79 Å². The number of carboxylic acid groups (broad SMARTS) is 1. The third kappa shape index (κ3) is 4.91. The molecule has 4 nitrogen and oxygen atoms in total. The van der Waals surface area contributed by atoms with E-state index in [0.29, 0.717) is 13.0 Å². The molecule has 0 heterocycles. The van der Waals surface area contributed by atoms with Crippen LogP contribution in [0.5, 0.6) is 0 Å². The van der Waals surface area contributed by atoms with Crippen molar-refractivity contribution in [3.8, 4) is 0 Å². The number of benzene rings is 1. The summed E-state index contributed by atoms with van der Waals surface area (Å²) in [7, 11) is 0. The van der Waals surface area contributed by atoms with Crippen molar-refractivity contribution in [2.75, 3.05) is 12.3 Å². The van der Waals surface area contributed by atoms with Gasteiger partial charge < -0.3 is 10.4 Å². The quantitative estimate of drug-likeness (QED) is 0.617. The van der Waals surface area contributed by atoms with Crippen LogP contribution in [0, 0.1) is 0 Å². The van der Waals surface area contributed by atoms with E-state index in [9.17, 15) is 9.59 Å². The van der Waals surface area contributed by atoms with Crippen molar-refractivity contribution in [1.82, 2.24) is 5.32 Å². The zero-order valence-corrected chi connectivity index (χ0v) is 10.4. The van der Waals surface area contributed by atoms with E-state index in [-0.39, 0.29) is 0 Å². The van der Waals surface area contributed by atoms with Gasteiger partial charge >= 0.3 is 11.9 Å². The summed E-state index contributed by atoms with van der Waals surface area (Å²) in [6.45, 7) is 2.44. The Morgan fingerprint density at radius 2 is 1.94 bits per heavy atom. The van der Waals surface area contributed by atoms with Gasteiger partial charge in [0.2, 0.25) is 0 Å². The number of carbonyl (C=O) groups excluding carboxylic acids is 1. The number of rotatable bonds is 5. The van der Waals surface area contributed by atoms with E-state index in [2.05, 4.69) is 12.2 Å². The molecule has 1 amide bonds. The second-order valence-corrected chi connectivity index (χ2v) is 4.73. The lowest BCUT2D eigenvalue weighted by Crippen LogP contribution is -2.32. The summed E-state index contributed by atoms with van der Waals surface area (Å²) in [6, 6.07) is 8.04. The number of nitrogens with one attached hydrogen (secondary N) is 1. The summed E-state index contributed by atoms with van der Waals surface area (Å²) in [5.41, 5.74) is 1.08. The molecule has 92 valence electrons. The van der Waals surface area contributed by atoms with E-state index < -0.39 is 11.9 Å². The highest BCUT2D eigenvalue weighted by molar-refractivity contribution is 7.99. The molecule has 2 N–H and O–H groups in total. The van der Waals surface area contributed by atoms with Crippen LogP contribution in [0.4, 0.5) is 0 Å². The maximum atomic E-state index is 10.8. The second-order valence-electron chi connectivity index (χ2n) is 3.39. The Balaban J connectivity index is 2.37. The number of aliphatic carboxylic acids is 1. The van der Waals surface area contributed by atoms with Crippen LogP contribution in [0.2, 0.25) is 0 Å². The van der Waals surface area contributed by atoms with Gasteiger partial charge in [-0.1, -0.05) is 19.1 Å². The first-order chi connectivity index (χ1) is 8.13. The molecular formula is C12H15NO3S. The molecule has 0 saturated heterocycles. The van der Waals surface area contributed by atoms with Crippen LogP contribution in [0.15, 0.2) is 29.2 Å². The van der Waals surface area contributed by atoms with Crippen LogP contribution >= 0.6 is 11.8 Å². The Labute approximate surface area is 104 Å². The molecule has 5 heteroatoms. The summed E-state index contributed by atoms with van der Waals surface area (Å²) < 4.78 is 0. The average molecular weight is 253 g/mol. The second kappa shape index (κ2) is 6.96. The van der Waals surface area contributed by atoms with Gasteiger partial charge in [-0.2, -0.15) is 0 Å². The van der Waals surface area contributed by atoms with Gasteiger partial charge in [0.05, 0.1) is 0 Å². The Kier molecular flexibility index (Phi) is 5.56. The van der Waals surface area contributed by atoms with Gasteiger partial charge in [0, 0.05) is 11.4 Å². The first-order valence-corrected chi connectivity index (χ1v) is 6.35.